The highest BCUT2D eigenvalue weighted by atomic mass is 32.2. The Morgan fingerprint density at radius 1 is 1.09 bits per heavy atom. The summed E-state index contributed by atoms with van der Waals surface area (Å²) in [6.45, 7) is 0. The number of carbonyl (C=O) groups excluding carboxylic acids is 1. The highest BCUT2D eigenvalue weighted by Crippen LogP contribution is 2.35. The van der Waals surface area contributed by atoms with Crippen LogP contribution in [0.4, 0.5) is 5.69 Å². The molecule has 0 spiro atoms. The van der Waals surface area contributed by atoms with Gasteiger partial charge in [-0.25, -0.2) is 4.79 Å². The summed E-state index contributed by atoms with van der Waals surface area (Å²) in [5.74, 6) is -0.185. The van der Waals surface area contributed by atoms with Gasteiger partial charge in [-0.3, -0.25) is 10.1 Å². The normalized spacial score (nSPS) is 10.1. The average Bonchev–Trinajstić information content (AvgIpc) is 2.54. The van der Waals surface area contributed by atoms with Crippen LogP contribution in [0.3, 0.4) is 0 Å². The first-order valence-corrected chi connectivity index (χ1v) is 7.05. The SMILES string of the molecule is COC(=O)c1ccc(Sc2ccc([N+](=O)[O-])c(OC)c2)cc1. The molecule has 0 heterocycles. The Morgan fingerprint density at radius 3 is 2.27 bits per heavy atom. The molecule has 0 amide bonds. The molecule has 0 aromatic heterocycles. The quantitative estimate of drug-likeness (QED) is 0.476. The zero-order valence-corrected chi connectivity index (χ0v) is 12.8. The van der Waals surface area contributed by atoms with Crippen LogP contribution in [0.25, 0.3) is 0 Å². The third kappa shape index (κ3) is 3.56. The van der Waals surface area contributed by atoms with Gasteiger partial charge in [-0.2, -0.15) is 0 Å². The van der Waals surface area contributed by atoms with Crippen LogP contribution in [-0.2, 0) is 4.74 Å². The predicted molar refractivity (Wildman–Crippen MR) is 81.6 cm³/mol. The lowest BCUT2D eigenvalue weighted by atomic mass is 10.2. The maximum Gasteiger partial charge on any atom is 0.337 e. The van der Waals surface area contributed by atoms with E-state index in [-0.39, 0.29) is 11.4 Å². The van der Waals surface area contributed by atoms with Crippen LogP contribution in [0, 0.1) is 10.1 Å². The van der Waals surface area contributed by atoms with E-state index in [9.17, 15) is 14.9 Å². The number of hydrogen-bond acceptors (Lipinski definition) is 6. The van der Waals surface area contributed by atoms with E-state index in [1.54, 1.807) is 36.4 Å². The molecule has 0 aliphatic carbocycles. The molecule has 0 bridgehead atoms. The number of nitrogens with zero attached hydrogens (tertiary/aromatic N) is 1. The van der Waals surface area contributed by atoms with Gasteiger partial charge in [0.05, 0.1) is 24.7 Å². The first kappa shape index (κ1) is 15.8. The third-order valence-electron chi connectivity index (χ3n) is 2.86. The molecule has 0 unspecified atom stereocenters. The summed E-state index contributed by atoms with van der Waals surface area (Å²) >= 11 is 1.41. The number of nitro benzene ring substituents is 1. The number of benzene rings is 2. The van der Waals surface area contributed by atoms with E-state index in [1.807, 2.05) is 0 Å². The average molecular weight is 319 g/mol. The molecule has 7 heteroatoms. The van der Waals surface area contributed by atoms with E-state index in [4.69, 9.17) is 4.74 Å². The third-order valence-corrected chi connectivity index (χ3v) is 3.86. The second-order valence-electron chi connectivity index (χ2n) is 4.21. The smallest absolute Gasteiger partial charge is 0.337 e. The summed E-state index contributed by atoms with van der Waals surface area (Å²) in [6.07, 6.45) is 0. The molecule has 0 saturated carbocycles. The Balaban J connectivity index is 2.20. The van der Waals surface area contributed by atoms with Gasteiger partial charge in [-0.05, 0) is 30.3 Å². The Bertz CT molecular complexity index is 700. The Morgan fingerprint density at radius 2 is 1.73 bits per heavy atom. The van der Waals surface area contributed by atoms with Crippen LogP contribution >= 0.6 is 11.8 Å². The van der Waals surface area contributed by atoms with Crippen LogP contribution in [0.1, 0.15) is 10.4 Å². The van der Waals surface area contributed by atoms with Gasteiger partial charge in [0.1, 0.15) is 0 Å². The molecule has 22 heavy (non-hydrogen) atoms. The highest BCUT2D eigenvalue weighted by molar-refractivity contribution is 7.99. The molecule has 0 N–H and O–H groups in total. The molecular weight excluding hydrogens is 306 g/mol. The van der Waals surface area contributed by atoms with Gasteiger partial charge in [0.2, 0.25) is 0 Å². The minimum Gasteiger partial charge on any atom is -0.490 e. The van der Waals surface area contributed by atoms with Gasteiger partial charge in [0.15, 0.2) is 5.75 Å². The topological polar surface area (TPSA) is 78.7 Å². The predicted octanol–water partition coefficient (Wildman–Crippen LogP) is 3.54. The molecule has 0 radical (unpaired) electrons. The Kier molecular flexibility index (Phi) is 5.00. The van der Waals surface area contributed by atoms with E-state index in [0.717, 1.165) is 9.79 Å². The fourth-order valence-electron chi connectivity index (χ4n) is 1.79. The van der Waals surface area contributed by atoms with Crippen molar-refractivity contribution in [1.29, 1.82) is 0 Å². The first-order chi connectivity index (χ1) is 10.5. The van der Waals surface area contributed by atoms with Crippen molar-refractivity contribution >= 4 is 23.4 Å². The number of esters is 1. The lowest BCUT2D eigenvalue weighted by Crippen LogP contribution is -2.00. The first-order valence-electron chi connectivity index (χ1n) is 6.24. The molecule has 0 atom stereocenters. The summed E-state index contributed by atoms with van der Waals surface area (Å²) in [7, 11) is 2.72. The maximum absolute atomic E-state index is 11.4. The van der Waals surface area contributed by atoms with Crippen molar-refractivity contribution in [3.63, 3.8) is 0 Å². The van der Waals surface area contributed by atoms with E-state index in [0.29, 0.717) is 5.56 Å². The maximum atomic E-state index is 11.4. The summed E-state index contributed by atoms with van der Waals surface area (Å²) in [5, 5.41) is 10.9. The number of nitro groups is 1. The minimum atomic E-state index is -0.488. The number of hydrogen-bond donors (Lipinski definition) is 0. The van der Waals surface area contributed by atoms with Crippen LogP contribution in [-0.4, -0.2) is 25.1 Å². The molecule has 2 rings (SSSR count). The van der Waals surface area contributed by atoms with Crippen LogP contribution in [0.15, 0.2) is 52.3 Å². The highest BCUT2D eigenvalue weighted by Gasteiger charge is 2.15. The van der Waals surface area contributed by atoms with Crippen molar-refractivity contribution < 1.29 is 19.2 Å². The second kappa shape index (κ2) is 6.95. The lowest BCUT2D eigenvalue weighted by Gasteiger charge is -2.06. The van der Waals surface area contributed by atoms with Gasteiger partial charge >= 0.3 is 11.7 Å². The Labute approximate surface area is 131 Å². The van der Waals surface area contributed by atoms with Crippen molar-refractivity contribution in [2.45, 2.75) is 9.79 Å². The standard InChI is InChI=1S/C15H13NO5S/c1-20-14-9-12(7-8-13(14)16(18)19)22-11-5-3-10(4-6-11)15(17)21-2/h3-9H,1-2H3. The van der Waals surface area contributed by atoms with Crippen molar-refractivity contribution in [3.05, 3.63) is 58.1 Å². The zero-order valence-electron chi connectivity index (χ0n) is 11.9. The molecule has 0 aliphatic rings. The summed E-state index contributed by atoms with van der Waals surface area (Å²) in [6, 6.07) is 11.6. The van der Waals surface area contributed by atoms with Gasteiger partial charge < -0.3 is 9.47 Å². The largest absolute Gasteiger partial charge is 0.490 e. The molecule has 0 fully saturated rings. The molecule has 2 aromatic carbocycles. The van der Waals surface area contributed by atoms with E-state index >= 15 is 0 Å². The number of rotatable bonds is 5. The number of ether oxygens (including phenoxy) is 2. The van der Waals surface area contributed by atoms with Gasteiger partial charge in [0.25, 0.3) is 0 Å². The molecule has 0 saturated heterocycles. The fraction of sp³-hybridized carbons (Fsp3) is 0.133. The number of methoxy groups -OCH3 is 2. The fourth-order valence-corrected chi connectivity index (χ4v) is 2.63. The summed E-state index contributed by atoms with van der Waals surface area (Å²) < 4.78 is 9.67. The minimum absolute atomic E-state index is 0.0760. The van der Waals surface area contributed by atoms with Crippen LogP contribution < -0.4 is 4.74 Å². The van der Waals surface area contributed by atoms with Crippen LogP contribution in [0.5, 0.6) is 5.75 Å². The van der Waals surface area contributed by atoms with Gasteiger partial charge in [0, 0.05) is 21.9 Å². The summed E-state index contributed by atoms with van der Waals surface area (Å²) in [4.78, 5) is 23.4. The molecule has 2 aromatic rings. The van der Waals surface area contributed by atoms with Crippen molar-refractivity contribution in [3.8, 4) is 5.75 Å². The zero-order chi connectivity index (χ0) is 16.1. The van der Waals surface area contributed by atoms with E-state index in [2.05, 4.69) is 4.74 Å². The van der Waals surface area contributed by atoms with E-state index in [1.165, 1.54) is 32.0 Å². The summed E-state index contributed by atoms with van der Waals surface area (Å²) in [5.41, 5.74) is 0.390. The van der Waals surface area contributed by atoms with Crippen molar-refractivity contribution in [2.24, 2.45) is 0 Å². The second-order valence-corrected chi connectivity index (χ2v) is 5.36. The number of carbonyl (C=O) groups is 1. The Hall–Kier alpha value is -2.54. The van der Waals surface area contributed by atoms with Crippen molar-refractivity contribution in [1.82, 2.24) is 0 Å². The molecule has 6 nitrogen and oxygen atoms in total. The monoisotopic (exact) mass is 319 g/mol. The van der Waals surface area contributed by atoms with Gasteiger partial charge in [-0.15, -0.1) is 0 Å². The molecule has 0 aliphatic heterocycles. The van der Waals surface area contributed by atoms with Gasteiger partial charge in [-0.1, -0.05) is 11.8 Å². The van der Waals surface area contributed by atoms with Crippen LogP contribution in [0.2, 0.25) is 0 Å². The molecular formula is C15H13NO5S. The lowest BCUT2D eigenvalue weighted by molar-refractivity contribution is -0.385. The van der Waals surface area contributed by atoms with E-state index < -0.39 is 10.9 Å². The molecule has 114 valence electrons. The van der Waals surface area contributed by atoms with Crippen molar-refractivity contribution in [2.75, 3.05) is 14.2 Å².